The summed E-state index contributed by atoms with van der Waals surface area (Å²) in [6.45, 7) is 1.49. The predicted octanol–water partition coefficient (Wildman–Crippen LogP) is 3.39. The number of rotatable bonds is 4. The van der Waals surface area contributed by atoms with Crippen LogP contribution in [0.4, 0.5) is 5.69 Å². The van der Waals surface area contributed by atoms with Gasteiger partial charge in [-0.3, -0.25) is 14.9 Å². The van der Waals surface area contributed by atoms with Gasteiger partial charge in [-0.15, -0.1) is 0 Å². The molecule has 1 fully saturated rings. The molecule has 1 aromatic carbocycles. The average molecular weight is 270 g/mol. The fourth-order valence-corrected chi connectivity index (χ4v) is 2.36. The molecule has 2 aromatic rings. The Balaban J connectivity index is 2.24. The Kier molecular flexibility index (Phi) is 2.89. The molecule has 1 aromatic heterocycles. The molecule has 5 heteroatoms. The van der Waals surface area contributed by atoms with E-state index in [4.69, 9.17) is 0 Å². The second-order valence-electron chi connectivity index (χ2n) is 5.10. The summed E-state index contributed by atoms with van der Waals surface area (Å²) in [7, 11) is 0. The summed E-state index contributed by atoms with van der Waals surface area (Å²) in [6, 6.07) is 7.08. The highest BCUT2D eigenvalue weighted by atomic mass is 16.6. The van der Waals surface area contributed by atoms with Crippen LogP contribution in [0.1, 0.15) is 19.8 Å². The molecular weight excluding hydrogens is 256 g/mol. The molecule has 20 heavy (non-hydrogen) atoms. The first-order chi connectivity index (χ1) is 9.58. The zero-order valence-electron chi connectivity index (χ0n) is 11.1. The third-order valence-corrected chi connectivity index (χ3v) is 3.52. The maximum atomic E-state index is 11.9. The molecular formula is C15H14N2O3. The van der Waals surface area contributed by atoms with Gasteiger partial charge >= 0.3 is 0 Å². The number of Topliss-reactive ketones (excluding diaryl/α,β-unsaturated/α-hetero) is 1. The summed E-state index contributed by atoms with van der Waals surface area (Å²) in [5.74, 6) is 0.349. The van der Waals surface area contributed by atoms with Gasteiger partial charge in [-0.05, 0) is 30.9 Å². The molecule has 0 amide bonds. The first kappa shape index (κ1) is 12.6. The largest absolute Gasteiger partial charge is 0.307 e. The van der Waals surface area contributed by atoms with Crippen LogP contribution in [0.25, 0.3) is 16.6 Å². The first-order valence-corrected chi connectivity index (χ1v) is 6.55. The van der Waals surface area contributed by atoms with Gasteiger partial charge < -0.3 is 4.57 Å². The lowest BCUT2D eigenvalue weighted by Crippen LogP contribution is -2.04. The average Bonchev–Trinajstić information content (AvgIpc) is 3.15. The van der Waals surface area contributed by atoms with E-state index >= 15 is 0 Å². The van der Waals surface area contributed by atoms with Crippen molar-refractivity contribution < 1.29 is 9.72 Å². The molecule has 3 rings (SSSR count). The van der Waals surface area contributed by atoms with Gasteiger partial charge in [0.15, 0.2) is 5.78 Å². The van der Waals surface area contributed by atoms with Gasteiger partial charge in [-0.1, -0.05) is 18.2 Å². The minimum Gasteiger partial charge on any atom is -0.307 e. The monoisotopic (exact) mass is 270 g/mol. The van der Waals surface area contributed by atoms with E-state index in [9.17, 15) is 14.9 Å². The minimum atomic E-state index is -0.409. The molecule has 1 aliphatic rings. The van der Waals surface area contributed by atoms with Crippen molar-refractivity contribution in [2.24, 2.45) is 5.92 Å². The highest BCUT2D eigenvalue weighted by Crippen LogP contribution is 2.35. The van der Waals surface area contributed by atoms with Gasteiger partial charge in [0.05, 0.1) is 27.7 Å². The number of carbonyl (C=O) groups excluding carboxylic acids is 1. The molecule has 0 atom stereocenters. The van der Waals surface area contributed by atoms with Crippen LogP contribution in [0.2, 0.25) is 0 Å². The number of hydrogen-bond donors (Lipinski definition) is 0. The Morgan fingerprint density at radius 2 is 2.10 bits per heavy atom. The Morgan fingerprint density at radius 1 is 1.40 bits per heavy atom. The molecule has 1 saturated carbocycles. The summed E-state index contributed by atoms with van der Waals surface area (Å²) in [5.41, 5.74) is 1.25. The Bertz CT molecular complexity index is 739. The third kappa shape index (κ3) is 2.11. The fraction of sp³-hybridized carbons (Fsp3) is 0.267. The van der Waals surface area contributed by atoms with Crippen LogP contribution < -0.4 is 0 Å². The van der Waals surface area contributed by atoms with E-state index in [1.165, 1.54) is 13.1 Å². The maximum absolute atomic E-state index is 11.9. The van der Waals surface area contributed by atoms with Gasteiger partial charge in [0, 0.05) is 6.92 Å². The van der Waals surface area contributed by atoms with Crippen LogP contribution in [0.5, 0.6) is 0 Å². The van der Waals surface area contributed by atoms with Crippen molar-refractivity contribution in [1.82, 2.24) is 4.57 Å². The number of hydrogen-bond acceptors (Lipinski definition) is 3. The number of nitro groups is 1. The first-order valence-electron chi connectivity index (χ1n) is 6.55. The van der Waals surface area contributed by atoms with E-state index in [0.29, 0.717) is 22.5 Å². The molecule has 0 spiro atoms. The normalized spacial score (nSPS) is 15.6. The molecule has 1 heterocycles. The molecule has 0 bridgehead atoms. The quantitative estimate of drug-likeness (QED) is 0.486. The third-order valence-electron chi connectivity index (χ3n) is 3.52. The number of carbonyl (C=O) groups is 1. The molecule has 0 unspecified atom stereocenters. The zero-order chi connectivity index (χ0) is 14.3. The lowest BCUT2D eigenvalue weighted by atomic mass is 10.2. The predicted molar refractivity (Wildman–Crippen MR) is 76.3 cm³/mol. The molecule has 0 radical (unpaired) electrons. The molecule has 102 valence electrons. The number of aromatic nitrogens is 1. The van der Waals surface area contributed by atoms with Crippen molar-refractivity contribution in [2.75, 3.05) is 0 Å². The van der Waals surface area contributed by atoms with E-state index < -0.39 is 4.92 Å². The van der Waals surface area contributed by atoms with Crippen molar-refractivity contribution in [3.8, 4) is 0 Å². The van der Waals surface area contributed by atoms with E-state index in [-0.39, 0.29) is 11.5 Å². The molecule has 0 N–H and O–H groups in total. The number of para-hydroxylation sites is 1. The zero-order valence-corrected chi connectivity index (χ0v) is 11.1. The number of ketones is 1. The lowest BCUT2D eigenvalue weighted by Gasteiger charge is -2.06. The Labute approximate surface area is 115 Å². The summed E-state index contributed by atoms with van der Waals surface area (Å²) in [4.78, 5) is 22.6. The Hall–Kier alpha value is -2.43. The summed E-state index contributed by atoms with van der Waals surface area (Å²) >= 11 is 0. The summed E-state index contributed by atoms with van der Waals surface area (Å²) in [6.07, 6.45) is 5.54. The second-order valence-corrected chi connectivity index (χ2v) is 5.10. The van der Waals surface area contributed by atoms with E-state index in [2.05, 4.69) is 0 Å². The highest BCUT2D eigenvalue weighted by Gasteiger charge is 2.24. The number of nitrogens with zero attached hydrogens (tertiary/aromatic N) is 2. The van der Waals surface area contributed by atoms with Crippen molar-refractivity contribution in [3.05, 3.63) is 46.7 Å². The van der Waals surface area contributed by atoms with E-state index in [0.717, 1.165) is 12.8 Å². The van der Waals surface area contributed by atoms with Crippen LogP contribution in [0, 0.1) is 16.0 Å². The molecule has 0 aliphatic heterocycles. The van der Waals surface area contributed by atoms with Gasteiger partial charge in [0.2, 0.25) is 0 Å². The lowest BCUT2D eigenvalue weighted by molar-refractivity contribution is -0.383. The number of allylic oxidation sites excluding steroid dienone is 2. The fourth-order valence-electron chi connectivity index (χ4n) is 2.36. The van der Waals surface area contributed by atoms with Crippen LogP contribution in [0.15, 0.2) is 36.5 Å². The molecule has 0 saturated heterocycles. The minimum absolute atomic E-state index is 0.0311. The van der Waals surface area contributed by atoms with Crippen molar-refractivity contribution in [2.45, 2.75) is 19.8 Å². The number of benzene rings is 1. The van der Waals surface area contributed by atoms with Crippen LogP contribution in [-0.4, -0.2) is 15.3 Å². The van der Waals surface area contributed by atoms with Crippen LogP contribution >= 0.6 is 0 Å². The van der Waals surface area contributed by atoms with Gasteiger partial charge in [0.25, 0.3) is 5.69 Å². The van der Waals surface area contributed by atoms with Crippen molar-refractivity contribution in [1.29, 1.82) is 0 Å². The van der Waals surface area contributed by atoms with Gasteiger partial charge in [-0.25, -0.2) is 0 Å². The summed E-state index contributed by atoms with van der Waals surface area (Å²) < 4.78 is 1.65. The Morgan fingerprint density at radius 3 is 2.70 bits per heavy atom. The SMILES string of the molecule is CC(=O)/C(=C/C1CC1)n1cc([N+](=O)[O-])c2ccccc21. The topological polar surface area (TPSA) is 65.1 Å². The smallest absolute Gasteiger partial charge is 0.295 e. The van der Waals surface area contributed by atoms with E-state index in [1.54, 1.807) is 22.8 Å². The van der Waals surface area contributed by atoms with Crippen molar-refractivity contribution >= 4 is 28.1 Å². The standard InChI is InChI=1S/C15H14N2O3/c1-10(18)14(8-11-6-7-11)16-9-15(17(19)20)12-4-2-3-5-13(12)16/h2-5,8-9,11H,6-7H2,1H3/b14-8-. The van der Waals surface area contributed by atoms with Crippen molar-refractivity contribution in [3.63, 3.8) is 0 Å². The van der Waals surface area contributed by atoms with Gasteiger partial charge in [0.1, 0.15) is 0 Å². The maximum Gasteiger partial charge on any atom is 0.295 e. The van der Waals surface area contributed by atoms with Crippen LogP contribution in [-0.2, 0) is 4.79 Å². The molecule has 1 aliphatic carbocycles. The summed E-state index contributed by atoms with van der Waals surface area (Å²) in [5, 5.41) is 11.7. The van der Waals surface area contributed by atoms with E-state index in [1.807, 2.05) is 12.1 Å². The van der Waals surface area contributed by atoms with Gasteiger partial charge in [-0.2, -0.15) is 0 Å². The molecule has 5 nitrogen and oxygen atoms in total. The second kappa shape index (κ2) is 4.59. The number of fused-ring (bicyclic) bond motifs is 1. The van der Waals surface area contributed by atoms with Crippen LogP contribution in [0.3, 0.4) is 0 Å². The highest BCUT2D eigenvalue weighted by molar-refractivity contribution is 6.15.